The lowest BCUT2D eigenvalue weighted by Gasteiger charge is -1.98. The Morgan fingerprint density at radius 2 is 1.35 bits per heavy atom. The number of nitrogens with zero attached hydrogens (tertiary/aromatic N) is 1. The van der Waals surface area contributed by atoms with Crippen LogP contribution in [0.15, 0.2) is 60.7 Å². The highest BCUT2D eigenvalue weighted by molar-refractivity contribution is 6.34. The third kappa shape index (κ3) is 1.06. The zero-order valence-electron chi connectivity index (χ0n) is 10.8. The van der Waals surface area contributed by atoms with Crippen molar-refractivity contribution in [3.8, 4) is 0 Å². The van der Waals surface area contributed by atoms with Gasteiger partial charge in [-0.15, -0.1) is 0 Å². The van der Waals surface area contributed by atoms with E-state index in [1.165, 1.54) is 38.1 Å². The molecule has 0 saturated heterocycles. The molecule has 5 aromatic rings. The van der Waals surface area contributed by atoms with Crippen molar-refractivity contribution >= 4 is 51.4 Å². The maximum Gasteiger partial charge on any atom is 0.113 e. The quantitative estimate of drug-likeness (QED) is 0.370. The average molecular weight is 251 g/mol. The van der Waals surface area contributed by atoms with Gasteiger partial charge >= 0.3 is 0 Å². The minimum absolute atomic E-state index is 0.808. The SMILES string of the molecule is [B]c1ccc2c3cccc4c5ccccc5n(c2c1)c43. The minimum Gasteiger partial charge on any atom is -0.308 e. The van der Waals surface area contributed by atoms with Crippen molar-refractivity contribution in [2.75, 3.05) is 0 Å². The summed E-state index contributed by atoms with van der Waals surface area (Å²) in [5.74, 6) is 0. The first-order chi connectivity index (χ1) is 9.84. The van der Waals surface area contributed by atoms with E-state index in [1.54, 1.807) is 0 Å². The number of para-hydroxylation sites is 2. The van der Waals surface area contributed by atoms with Crippen molar-refractivity contribution in [1.29, 1.82) is 0 Å². The highest BCUT2D eigenvalue weighted by Gasteiger charge is 2.15. The molecule has 0 amide bonds. The molecular weight excluding hydrogens is 241 g/mol. The van der Waals surface area contributed by atoms with Gasteiger partial charge in [-0.25, -0.2) is 0 Å². The molecule has 1 nitrogen and oxygen atoms in total. The summed E-state index contributed by atoms with van der Waals surface area (Å²) >= 11 is 0. The van der Waals surface area contributed by atoms with Crippen LogP contribution in [-0.4, -0.2) is 12.2 Å². The number of aromatic nitrogens is 1. The Morgan fingerprint density at radius 3 is 2.20 bits per heavy atom. The van der Waals surface area contributed by atoms with Gasteiger partial charge in [0.15, 0.2) is 0 Å². The van der Waals surface area contributed by atoms with E-state index >= 15 is 0 Å². The minimum atomic E-state index is 0.808. The first-order valence-electron chi connectivity index (χ1n) is 6.77. The predicted molar refractivity (Wildman–Crippen MR) is 86.5 cm³/mol. The summed E-state index contributed by atoms with van der Waals surface area (Å²) in [6.45, 7) is 0. The fourth-order valence-electron chi connectivity index (χ4n) is 3.45. The van der Waals surface area contributed by atoms with Gasteiger partial charge in [0.2, 0.25) is 0 Å². The van der Waals surface area contributed by atoms with Crippen LogP contribution < -0.4 is 5.46 Å². The lowest BCUT2D eigenvalue weighted by atomic mass is 9.95. The molecule has 20 heavy (non-hydrogen) atoms. The molecule has 0 unspecified atom stereocenters. The molecule has 2 aromatic heterocycles. The molecule has 0 saturated carbocycles. The summed E-state index contributed by atoms with van der Waals surface area (Å²) < 4.78 is 2.34. The number of rotatable bonds is 0. The molecule has 90 valence electrons. The Labute approximate surface area is 117 Å². The van der Waals surface area contributed by atoms with Crippen LogP contribution >= 0.6 is 0 Å². The second kappa shape index (κ2) is 3.34. The van der Waals surface area contributed by atoms with Crippen molar-refractivity contribution in [2.45, 2.75) is 0 Å². The van der Waals surface area contributed by atoms with E-state index in [2.05, 4.69) is 59.0 Å². The molecule has 0 aliphatic carbocycles. The second-order valence-corrected chi connectivity index (χ2v) is 5.33. The van der Waals surface area contributed by atoms with Crippen LogP contribution in [0.2, 0.25) is 0 Å². The van der Waals surface area contributed by atoms with E-state index in [1.807, 2.05) is 6.07 Å². The van der Waals surface area contributed by atoms with Crippen LogP contribution in [0, 0.1) is 0 Å². The molecule has 0 aliphatic rings. The molecular formula is C18H10BN. The van der Waals surface area contributed by atoms with E-state index in [0.29, 0.717) is 0 Å². The molecule has 0 atom stereocenters. The smallest absolute Gasteiger partial charge is 0.113 e. The molecule has 0 spiro atoms. The normalized spacial score (nSPS) is 12.2. The molecule has 0 bridgehead atoms. The highest BCUT2D eigenvalue weighted by atomic mass is 14.9. The van der Waals surface area contributed by atoms with E-state index in [-0.39, 0.29) is 0 Å². The Morgan fingerprint density at radius 1 is 0.650 bits per heavy atom. The Bertz CT molecular complexity index is 1100. The van der Waals surface area contributed by atoms with E-state index in [0.717, 1.165) is 5.46 Å². The fourth-order valence-corrected chi connectivity index (χ4v) is 3.45. The molecule has 2 heterocycles. The van der Waals surface area contributed by atoms with Crippen LogP contribution in [0.25, 0.3) is 38.1 Å². The lowest BCUT2D eigenvalue weighted by Crippen LogP contribution is -1.99. The molecule has 2 radical (unpaired) electrons. The third-order valence-electron chi connectivity index (χ3n) is 4.25. The van der Waals surface area contributed by atoms with Crippen molar-refractivity contribution in [2.24, 2.45) is 0 Å². The largest absolute Gasteiger partial charge is 0.308 e. The zero-order valence-corrected chi connectivity index (χ0v) is 10.8. The van der Waals surface area contributed by atoms with Gasteiger partial charge in [-0.1, -0.05) is 54.0 Å². The van der Waals surface area contributed by atoms with Crippen LogP contribution in [-0.2, 0) is 0 Å². The maximum absolute atomic E-state index is 5.99. The Kier molecular flexibility index (Phi) is 1.73. The second-order valence-electron chi connectivity index (χ2n) is 5.33. The van der Waals surface area contributed by atoms with Crippen molar-refractivity contribution in [1.82, 2.24) is 4.40 Å². The van der Waals surface area contributed by atoms with Gasteiger partial charge in [0.1, 0.15) is 7.85 Å². The molecule has 5 rings (SSSR count). The summed E-state index contributed by atoms with van der Waals surface area (Å²) in [5, 5.41) is 5.18. The first-order valence-corrected chi connectivity index (χ1v) is 6.77. The van der Waals surface area contributed by atoms with Crippen LogP contribution in [0.3, 0.4) is 0 Å². The number of hydrogen-bond donors (Lipinski definition) is 0. The summed E-state index contributed by atoms with van der Waals surface area (Å²) in [5.41, 5.74) is 4.55. The van der Waals surface area contributed by atoms with Gasteiger partial charge in [-0.3, -0.25) is 0 Å². The van der Waals surface area contributed by atoms with E-state index in [4.69, 9.17) is 7.85 Å². The molecule has 3 aromatic carbocycles. The van der Waals surface area contributed by atoms with Gasteiger partial charge < -0.3 is 4.40 Å². The van der Waals surface area contributed by atoms with Gasteiger partial charge in [0.05, 0.1) is 16.6 Å². The van der Waals surface area contributed by atoms with Gasteiger partial charge in [-0.2, -0.15) is 0 Å². The standard InChI is InChI=1S/C18H10BN/c19-11-8-9-13-15-6-3-5-14-12-4-1-2-7-16(12)20(18(14)15)17(13)10-11/h1-10H. The van der Waals surface area contributed by atoms with Crippen molar-refractivity contribution in [3.63, 3.8) is 0 Å². The number of fused-ring (bicyclic) bond motifs is 6. The highest BCUT2D eigenvalue weighted by Crippen LogP contribution is 2.38. The van der Waals surface area contributed by atoms with Gasteiger partial charge in [0.25, 0.3) is 0 Å². The molecule has 2 heteroatoms. The number of benzene rings is 3. The van der Waals surface area contributed by atoms with Crippen LogP contribution in [0.5, 0.6) is 0 Å². The summed E-state index contributed by atoms with van der Waals surface area (Å²) in [4.78, 5) is 0. The summed E-state index contributed by atoms with van der Waals surface area (Å²) in [6.07, 6.45) is 0. The molecule has 0 N–H and O–H groups in total. The van der Waals surface area contributed by atoms with Gasteiger partial charge in [-0.05, 0) is 12.1 Å². The van der Waals surface area contributed by atoms with E-state index in [9.17, 15) is 0 Å². The fraction of sp³-hybridized carbons (Fsp3) is 0. The summed E-state index contributed by atoms with van der Waals surface area (Å²) in [7, 11) is 5.99. The van der Waals surface area contributed by atoms with Crippen LogP contribution in [0.1, 0.15) is 0 Å². The van der Waals surface area contributed by atoms with E-state index < -0.39 is 0 Å². The van der Waals surface area contributed by atoms with Gasteiger partial charge in [0, 0.05) is 21.5 Å². The maximum atomic E-state index is 5.99. The average Bonchev–Trinajstić information content (AvgIpc) is 2.98. The molecule has 0 aliphatic heterocycles. The lowest BCUT2D eigenvalue weighted by molar-refractivity contribution is 1.37. The zero-order chi connectivity index (χ0) is 13.3. The number of hydrogen-bond acceptors (Lipinski definition) is 0. The Hall–Kier alpha value is -2.48. The summed E-state index contributed by atoms with van der Waals surface area (Å²) in [6, 6.07) is 21.3. The van der Waals surface area contributed by atoms with Crippen LogP contribution in [0.4, 0.5) is 0 Å². The third-order valence-corrected chi connectivity index (χ3v) is 4.25. The predicted octanol–water partition coefficient (Wildman–Crippen LogP) is 3.63. The van der Waals surface area contributed by atoms with Crippen molar-refractivity contribution in [3.05, 3.63) is 60.7 Å². The van der Waals surface area contributed by atoms with Crippen molar-refractivity contribution < 1.29 is 0 Å². The Balaban J connectivity index is 2.28. The molecule has 0 fully saturated rings. The first kappa shape index (κ1) is 10.3. The monoisotopic (exact) mass is 251 g/mol. The topological polar surface area (TPSA) is 4.41 Å².